The Balaban J connectivity index is 3.78. The van der Waals surface area contributed by atoms with Gasteiger partial charge in [-0.2, -0.15) is 0 Å². The zero-order valence-corrected chi connectivity index (χ0v) is 12.1. The second-order valence-corrected chi connectivity index (χ2v) is 5.47. The Morgan fingerprint density at radius 1 is 1.50 bits per heavy atom. The van der Waals surface area contributed by atoms with Crippen LogP contribution in [0.5, 0.6) is 0 Å². The molecular weight excluding hydrogens is 317 g/mol. The van der Waals surface area contributed by atoms with Crippen LogP contribution in [0.4, 0.5) is 4.79 Å². The maximum atomic E-state index is 11.2. The van der Waals surface area contributed by atoms with Crippen molar-refractivity contribution < 1.29 is 9.53 Å². The minimum Gasteiger partial charge on any atom is -0.445 e. The third-order valence-electron chi connectivity index (χ3n) is 2.42. The van der Waals surface area contributed by atoms with Crippen LogP contribution in [0.3, 0.4) is 0 Å². The Bertz CT molecular complexity index is 253. The molecule has 0 spiro atoms. The summed E-state index contributed by atoms with van der Waals surface area (Å²) in [4.78, 5) is 11.2. The van der Waals surface area contributed by atoms with Gasteiger partial charge in [-0.25, -0.2) is 4.79 Å². The lowest BCUT2D eigenvalue weighted by atomic mass is 9.93. The molecule has 0 bridgehead atoms. The van der Waals surface area contributed by atoms with Gasteiger partial charge >= 0.3 is 6.09 Å². The highest BCUT2D eigenvalue weighted by atomic mass is 127. The lowest BCUT2D eigenvalue weighted by molar-refractivity contribution is 0.155. The molecule has 0 rings (SSSR count). The van der Waals surface area contributed by atoms with Gasteiger partial charge < -0.3 is 10.1 Å². The van der Waals surface area contributed by atoms with E-state index < -0.39 is 0 Å². The second-order valence-electron chi connectivity index (χ2n) is 3.94. The lowest BCUT2D eigenvalue weighted by Gasteiger charge is -2.19. The highest BCUT2D eigenvalue weighted by Crippen LogP contribution is 2.21. The van der Waals surface area contributed by atoms with E-state index in [1.807, 2.05) is 0 Å². The average Bonchev–Trinajstić information content (AvgIpc) is 2.21. The molecule has 0 aromatic carbocycles. The number of hydrogen-bond acceptors (Lipinski definition) is 2. The van der Waals surface area contributed by atoms with E-state index in [4.69, 9.17) is 4.74 Å². The van der Waals surface area contributed by atoms with Crippen molar-refractivity contribution in [2.45, 2.75) is 20.3 Å². The Hall–Kier alpha value is -0.520. The van der Waals surface area contributed by atoms with E-state index in [9.17, 15) is 4.79 Å². The number of carbonyl (C=O) groups excluding carboxylic acids is 1. The van der Waals surface area contributed by atoms with Crippen LogP contribution in [0.2, 0.25) is 0 Å². The Labute approximate surface area is 111 Å². The quantitative estimate of drug-likeness (QED) is 0.570. The van der Waals surface area contributed by atoms with Crippen molar-refractivity contribution in [3.8, 4) is 0 Å². The van der Waals surface area contributed by atoms with E-state index in [1.165, 1.54) is 0 Å². The summed E-state index contributed by atoms with van der Waals surface area (Å²) >= 11 is 2.23. The van der Waals surface area contributed by atoms with Crippen LogP contribution in [0.1, 0.15) is 20.3 Å². The fourth-order valence-electron chi connectivity index (χ4n) is 1.18. The van der Waals surface area contributed by atoms with Gasteiger partial charge in [-0.05, 0) is 44.4 Å². The van der Waals surface area contributed by atoms with E-state index in [0.717, 1.165) is 10.0 Å². The summed E-state index contributed by atoms with van der Waals surface area (Å²) in [5.41, 5.74) is 0. The van der Waals surface area contributed by atoms with Gasteiger partial charge in [0.25, 0.3) is 0 Å². The molecule has 1 N–H and O–H groups in total. The van der Waals surface area contributed by atoms with Crippen LogP contribution in [-0.4, -0.2) is 19.2 Å². The lowest BCUT2D eigenvalue weighted by Crippen LogP contribution is -2.31. The van der Waals surface area contributed by atoms with Crippen molar-refractivity contribution in [2.24, 2.45) is 11.8 Å². The molecule has 4 heteroatoms. The third-order valence-corrected chi connectivity index (χ3v) is 2.86. The maximum absolute atomic E-state index is 11.2. The Morgan fingerprint density at radius 3 is 2.62 bits per heavy atom. The highest BCUT2D eigenvalue weighted by molar-refractivity contribution is 14.1. The zero-order chi connectivity index (χ0) is 12.6. The van der Waals surface area contributed by atoms with Crippen molar-refractivity contribution in [1.29, 1.82) is 0 Å². The number of nitrogens with one attached hydrogen (secondary N) is 1. The number of hydrogen-bond donors (Lipinski definition) is 1. The highest BCUT2D eigenvalue weighted by Gasteiger charge is 2.13. The molecule has 0 fully saturated rings. The molecule has 16 heavy (non-hydrogen) atoms. The molecule has 0 unspecified atom stereocenters. The molecule has 0 aliphatic carbocycles. The molecule has 3 nitrogen and oxygen atoms in total. The fourth-order valence-corrected chi connectivity index (χ4v) is 1.88. The zero-order valence-electron chi connectivity index (χ0n) is 9.96. The van der Waals surface area contributed by atoms with E-state index in [2.05, 4.69) is 54.9 Å². The normalized spacial score (nSPS) is 13.7. The standard InChI is InChI=1S/C12H20INO2/c1-5-6-16-12(15)14-8-10(3)9(2)7-11(4)13/h5,9-10H,1,4,6-8H2,2-3H3,(H,14,15)/t9-,10-/m1/s1. The number of carbonyl (C=O) groups is 1. The minimum atomic E-state index is -0.382. The summed E-state index contributed by atoms with van der Waals surface area (Å²) in [5, 5.41) is 2.73. The van der Waals surface area contributed by atoms with Crippen molar-refractivity contribution in [3.05, 3.63) is 22.8 Å². The number of alkyl carbamates (subject to hydrolysis) is 1. The first-order valence-electron chi connectivity index (χ1n) is 5.32. The fraction of sp³-hybridized carbons (Fsp3) is 0.583. The monoisotopic (exact) mass is 337 g/mol. The molecule has 0 saturated carbocycles. The van der Waals surface area contributed by atoms with E-state index in [1.54, 1.807) is 6.08 Å². The van der Waals surface area contributed by atoms with Crippen LogP contribution in [0.15, 0.2) is 22.8 Å². The smallest absolute Gasteiger partial charge is 0.407 e. The van der Waals surface area contributed by atoms with Gasteiger partial charge in [-0.15, -0.1) is 0 Å². The average molecular weight is 337 g/mol. The van der Waals surface area contributed by atoms with Crippen LogP contribution >= 0.6 is 22.6 Å². The summed E-state index contributed by atoms with van der Waals surface area (Å²) in [5.74, 6) is 0.909. The molecular formula is C12H20INO2. The topological polar surface area (TPSA) is 38.3 Å². The molecule has 0 aliphatic heterocycles. The summed E-state index contributed by atoms with van der Waals surface area (Å²) < 4.78 is 5.96. The summed E-state index contributed by atoms with van der Waals surface area (Å²) in [7, 11) is 0. The molecule has 2 atom stereocenters. The number of rotatable bonds is 7. The number of allylic oxidation sites excluding steroid dienone is 1. The predicted molar refractivity (Wildman–Crippen MR) is 75.7 cm³/mol. The maximum Gasteiger partial charge on any atom is 0.407 e. The first kappa shape index (κ1) is 15.5. The van der Waals surface area contributed by atoms with Crippen molar-refractivity contribution in [3.63, 3.8) is 0 Å². The predicted octanol–water partition coefficient (Wildman–Crippen LogP) is 3.51. The van der Waals surface area contributed by atoms with Crippen molar-refractivity contribution >= 4 is 28.7 Å². The Kier molecular flexibility index (Phi) is 8.33. The van der Waals surface area contributed by atoms with E-state index in [-0.39, 0.29) is 12.7 Å². The molecule has 0 saturated heterocycles. The third kappa shape index (κ3) is 7.73. The van der Waals surface area contributed by atoms with Crippen LogP contribution in [-0.2, 0) is 4.74 Å². The van der Waals surface area contributed by atoms with Gasteiger partial charge in [-0.1, -0.05) is 33.1 Å². The molecule has 0 radical (unpaired) electrons. The van der Waals surface area contributed by atoms with Crippen molar-refractivity contribution in [2.75, 3.05) is 13.2 Å². The summed E-state index contributed by atoms with van der Waals surface area (Å²) in [6.07, 6.45) is 2.14. The minimum absolute atomic E-state index is 0.250. The second kappa shape index (κ2) is 8.61. The van der Waals surface area contributed by atoms with Crippen LogP contribution < -0.4 is 5.32 Å². The first-order valence-corrected chi connectivity index (χ1v) is 6.40. The van der Waals surface area contributed by atoms with Gasteiger partial charge in [0, 0.05) is 6.54 Å². The molecule has 0 heterocycles. The largest absolute Gasteiger partial charge is 0.445 e. The van der Waals surface area contributed by atoms with Gasteiger partial charge in [-0.3, -0.25) is 0 Å². The first-order chi connectivity index (χ1) is 7.47. The van der Waals surface area contributed by atoms with Crippen LogP contribution in [0, 0.1) is 11.8 Å². The van der Waals surface area contributed by atoms with Gasteiger partial charge in [0.2, 0.25) is 0 Å². The number of ether oxygens (including phenoxy) is 1. The summed E-state index contributed by atoms with van der Waals surface area (Å²) in [6, 6.07) is 0. The van der Waals surface area contributed by atoms with Gasteiger partial charge in [0.05, 0.1) is 0 Å². The number of amides is 1. The molecule has 0 aromatic heterocycles. The van der Waals surface area contributed by atoms with E-state index in [0.29, 0.717) is 18.4 Å². The van der Waals surface area contributed by atoms with Gasteiger partial charge in [0.15, 0.2) is 0 Å². The molecule has 0 aliphatic rings. The molecule has 0 aromatic rings. The van der Waals surface area contributed by atoms with E-state index >= 15 is 0 Å². The summed E-state index contributed by atoms with van der Waals surface area (Å²) in [6.45, 7) is 12.5. The molecule has 92 valence electrons. The number of halogens is 1. The van der Waals surface area contributed by atoms with Crippen LogP contribution in [0.25, 0.3) is 0 Å². The Morgan fingerprint density at radius 2 is 2.12 bits per heavy atom. The van der Waals surface area contributed by atoms with Crippen molar-refractivity contribution in [1.82, 2.24) is 5.32 Å². The SMILES string of the molecule is C=CCOC(=O)NC[C@@H](C)[C@H](C)CC(=C)I. The van der Waals surface area contributed by atoms with Gasteiger partial charge in [0.1, 0.15) is 6.61 Å². The molecule has 1 amide bonds.